The molecule has 2 atom stereocenters. The largest absolute Gasteiger partial charge is 0.504 e. The van der Waals surface area contributed by atoms with E-state index in [-0.39, 0.29) is 5.75 Å². The Balaban J connectivity index is 2.10. The highest BCUT2D eigenvalue weighted by atomic mass is 16.5. The fourth-order valence-corrected chi connectivity index (χ4v) is 2.69. The van der Waals surface area contributed by atoms with Crippen LogP contribution in [-0.2, 0) is 6.54 Å². The van der Waals surface area contributed by atoms with Crippen molar-refractivity contribution in [3.05, 3.63) is 23.8 Å². The number of para-hydroxylation sites is 1. The number of benzene rings is 1. The SMILES string of the molecule is COc1cccc(CN2CC(CN)CC2C)c1O. The van der Waals surface area contributed by atoms with E-state index in [9.17, 15) is 5.11 Å². The van der Waals surface area contributed by atoms with E-state index < -0.39 is 0 Å². The van der Waals surface area contributed by atoms with Crippen molar-refractivity contribution in [3.8, 4) is 11.5 Å². The van der Waals surface area contributed by atoms with Gasteiger partial charge in [-0.15, -0.1) is 0 Å². The molecular weight excluding hydrogens is 228 g/mol. The van der Waals surface area contributed by atoms with Crippen LogP contribution in [-0.4, -0.2) is 36.2 Å². The Morgan fingerprint density at radius 2 is 2.28 bits per heavy atom. The lowest BCUT2D eigenvalue weighted by molar-refractivity contribution is 0.251. The van der Waals surface area contributed by atoms with Crippen molar-refractivity contribution in [2.75, 3.05) is 20.2 Å². The first-order valence-corrected chi connectivity index (χ1v) is 6.44. The summed E-state index contributed by atoms with van der Waals surface area (Å²) < 4.78 is 5.13. The second-order valence-corrected chi connectivity index (χ2v) is 5.08. The quantitative estimate of drug-likeness (QED) is 0.851. The number of nitrogens with two attached hydrogens (primary N) is 1. The van der Waals surface area contributed by atoms with Gasteiger partial charge in [0.05, 0.1) is 7.11 Å². The number of nitrogens with zero attached hydrogens (tertiary/aromatic N) is 1. The predicted molar refractivity (Wildman–Crippen MR) is 71.7 cm³/mol. The van der Waals surface area contributed by atoms with Crippen LogP contribution in [0.3, 0.4) is 0 Å². The molecular formula is C14H22N2O2. The molecule has 100 valence electrons. The Morgan fingerprint density at radius 1 is 1.50 bits per heavy atom. The number of likely N-dealkylation sites (tertiary alicyclic amines) is 1. The van der Waals surface area contributed by atoms with Gasteiger partial charge in [0.1, 0.15) is 0 Å². The summed E-state index contributed by atoms with van der Waals surface area (Å²) in [4.78, 5) is 2.37. The lowest BCUT2D eigenvalue weighted by Gasteiger charge is -2.22. The number of phenols is 1. The zero-order valence-corrected chi connectivity index (χ0v) is 11.1. The first-order chi connectivity index (χ1) is 8.65. The lowest BCUT2D eigenvalue weighted by atomic mass is 10.1. The summed E-state index contributed by atoms with van der Waals surface area (Å²) >= 11 is 0. The summed E-state index contributed by atoms with van der Waals surface area (Å²) in [5, 5.41) is 10.1. The molecule has 4 nitrogen and oxygen atoms in total. The van der Waals surface area contributed by atoms with Crippen LogP contribution in [0.15, 0.2) is 18.2 Å². The molecule has 0 radical (unpaired) electrons. The molecule has 0 spiro atoms. The van der Waals surface area contributed by atoms with Crippen molar-refractivity contribution in [3.63, 3.8) is 0 Å². The number of hydrogen-bond acceptors (Lipinski definition) is 4. The average Bonchev–Trinajstić information content (AvgIpc) is 2.73. The van der Waals surface area contributed by atoms with Crippen LogP contribution in [0.5, 0.6) is 11.5 Å². The maximum atomic E-state index is 10.1. The molecule has 0 saturated carbocycles. The normalized spacial score (nSPS) is 24.4. The predicted octanol–water partition coefficient (Wildman–Crippen LogP) is 1.57. The fourth-order valence-electron chi connectivity index (χ4n) is 2.69. The number of rotatable bonds is 4. The van der Waals surface area contributed by atoms with Crippen LogP contribution < -0.4 is 10.5 Å². The van der Waals surface area contributed by atoms with E-state index in [1.165, 1.54) is 0 Å². The topological polar surface area (TPSA) is 58.7 Å². The molecule has 1 saturated heterocycles. The molecule has 1 aliphatic heterocycles. The van der Waals surface area contributed by atoms with Gasteiger partial charge in [-0.25, -0.2) is 0 Å². The van der Waals surface area contributed by atoms with Crippen LogP contribution >= 0.6 is 0 Å². The van der Waals surface area contributed by atoms with Gasteiger partial charge < -0.3 is 15.6 Å². The molecule has 18 heavy (non-hydrogen) atoms. The number of hydrogen-bond donors (Lipinski definition) is 2. The van der Waals surface area contributed by atoms with Crippen LogP contribution in [0, 0.1) is 5.92 Å². The van der Waals surface area contributed by atoms with E-state index in [2.05, 4.69) is 11.8 Å². The van der Waals surface area contributed by atoms with Crippen molar-refractivity contribution in [1.82, 2.24) is 4.90 Å². The summed E-state index contributed by atoms with van der Waals surface area (Å²) in [7, 11) is 1.57. The van der Waals surface area contributed by atoms with Crippen LogP contribution in [0.1, 0.15) is 18.9 Å². The van der Waals surface area contributed by atoms with Gasteiger partial charge in [0.2, 0.25) is 0 Å². The molecule has 0 amide bonds. The molecule has 3 N–H and O–H groups in total. The summed E-state index contributed by atoms with van der Waals surface area (Å²) in [6.07, 6.45) is 1.14. The maximum Gasteiger partial charge on any atom is 0.162 e. The number of methoxy groups -OCH3 is 1. The fraction of sp³-hybridized carbons (Fsp3) is 0.571. The minimum absolute atomic E-state index is 0.253. The third kappa shape index (κ3) is 2.60. The Hall–Kier alpha value is -1.26. The third-order valence-corrected chi connectivity index (χ3v) is 3.80. The molecule has 1 aromatic rings. The maximum absolute atomic E-state index is 10.1. The van der Waals surface area contributed by atoms with Gasteiger partial charge in [-0.1, -0.05) is 12.1 Å². The summed E-state index contributed by atoms with van der Waals surface area (Å²) in [6.45, 7) is 4.72. The minimum Gasteiger partial charge on any atom is -0.504 e. The number of aromatic hydroxyl groups is 1. The number of ether oxygens (including phenoxy) is 1. The molecule has 0 bridgehead atoms. The lowest BCUT2D eigenvalue weighted by Crippen LogP contribution is -2.27. The third-order valence-electron chi connectivity index (χ3n) is 3.80. The average molecular weight is 250 g/mol. The summed E-state index contributed by atoms with van der Waals surface area (Å²) in [6, 6.07) is 6.15. The Kier molecular flexibility index (Phi) is 4.09. The van der Waals surface area contributed by atoms with Crippen molar-refractivity contribution in [1.29, 1.82) is 0 Å². The van der Waals surface area contributed by atoms with Crippen molar-refractivity contribution >= 4 is 0 Å². The van der Waals surface area contributed by atoms with Gasteiger partial charge in [-0.2, -0.15) is 0 Å². The van der Waals surface area contributed by atoms with E-state index in [1.807, 2.05) is 12.1 Å². The Morgan fingerprint density at radius 3 is 2.89 bits per heavy atom. The second-order valence-electron chi connectivity index (χ2n) is 5.08. The molecule has 1 aromatic carbocycles. The van der Waals surface area contributed by atoms with Gasteiger partial charge in [-0.3, -0.25) is 4.90 Å². The molecule has 1 aliphatic rings. The molecule has 1 heterocycles. The van der Waals surface area contributed by atoms with E-state index in [0.29, 0.717) is 17.7 Å². The molecule has 2 unspecified atom stereocenters. The monoisotopic (exact) mass is 250 g/mol. The minimum atomic E-state index is 0.253. The van der Waals surface area contributed by atoms with E-state index in [1.54, 1.807) is 13.2 Å². The van der Waals surface area contributed by atoms with Crippen LogP contribution in [0.2, 0.25) is 0 Å². The zero-order valence-electron chi connectivity index (χ0n) is 11.1. The molecule has 1 fully saturated rings. The van der Waals surface area contributed by atoms with Gasteiger partial charge in [0.25, 0.3) is 0 Å². The smallest absolute Gasteiger partial charge is 0.162 e. The van der Waals surface area contributed by atoms with Crippen molar-refractivity contribution in [2.45, 2.75) is 25.9 Å². The Bertz CT molecular complexity index is 409. The van der Waals surface area contributed by atoms with Gasteiger partial charge >= 0.3 is 0 Å². The molecule has 0 aliphatic carbocycles. The standard InChI is InChI=1S/C14H22N2O2/c1-10-6-11(7-15)8-16(10)9-12-4-3-5-13(18-2)14(12)17/h3-5,10-11,17H,6-9,15H2,1-2H3. The Labute approximate surface area is 108 Å². The molecule has 0 aromatic heterocycles. The highest BCUT2D eigenvalue weighted by molar-refractivity contribution is 5.45. The van der Waals surface area contributed by atoms with Crippen molar-refractivity contribution < 1.29 is 9.84 Å². The van der Waals surface area contributed by atoms with Crippen molar-refractivity contribution in [2.24, 2.45) is 11.7 Å². The number of phenolic OH excluding ortho intramolecular Hbond substituents is 1. The highest BCUT2D eigenvalue weighted by Gasteiger charge is 2.28. The van der Waals surface area contributed by atoms with Gasteiger partial charge in [0, 0.05) is 24.7 Å². The van der Waals surface area contributed by atoms with Crippen LogP contribution in [0.25, 0.3) is 0 Å². The van der Waals surface area contributed by atoms with E-state index >= 15 is 0 Å². The first-order valence-electron chi connectivity index (χ1n) is 6.44. The van der Waals surface area contributed by atoms with Gasteiger partial charge in [0.15, 0.2) is 11.5 Å². The first kappa shape index (κ1) is 13.2. The molecule has 4 heteroatoms. The molecule has 2 rings (SSSR count). The van der Waals surface area contributed by atoms with E-state index in [4.69, 9.17) is 10.5 Å². The second kappa shape index (κ2) is 5.59. The van der Waals surface area contributed by atoms with E-state index in [0.717, 1.165) is 31.6 Å². The summed E-state index contributed by atoms with van der Waals surface area (Å²) in [5.74, 6) is 1.37. The van der Waals surface area contributed by atoms with Gasteiger partial charge in [-0.05, 0) is 31.9 Å². The zero-order chi connectivity index (χ0) is 13.1. The summed E-state index contributed by atoms with van der Waals surface area (Å²) in [5.41, 5.74) is 6.65. The van der Waals surface area contributed by atoms with Crippen LogP contribution in [0.4, 0.5) is 0 Å². The highest BCUT2D eigenvalue weighted by Crippen LogP contribution is 2.32.